The minimum absolute atomic E-state index is 0.579. The monoisotopic (exact) mass is 168 g/mol. The van der Waals surface area contributed by atoms with Gasteiger partial charge in [0.25, 0.3) is 0 Å². The van der Waals surface area contributed by atoms with Crippen molar-refractivity contribution in [1.29, 1.82) is 0 Å². The summed E-state index contributed by atoms with van der Waals surface area (Å²) in [7, 11) is 0. The van der Waals surface area contributed by atoms with Crippen molar-refractivity contribution in [3.8, 4) is 0 Å². The van der Waals surface area contributed by atoms with E-state index in [-0.39, 0.29) is 0 Å². The van der Waals surface area contributed by atoms with E-state index in [9.17, 15) is 18.0 Å². The Kier molecular flexibility index (Phi) is 3.10. The first kappa shape index (κ1) is 10.0. The van der Waals surface area contributed by atoms with Gasteiger partial charge in [-0.15, -0.1) is 0 Å². The molecule has 0 aliphatic rings. The lowest BCUT2D eigenvalue weighted by Gasteiger charge is -2.07. The van der Waals surface area contributed by atoms with Crippen LogP contribution in [-0.4, -0.2) is 12.1 Å². The van der Waals surface area contributed by atoms with Crippen molar-refractivity contribution in [2.24, 2.45) is 0 Å². The molecule has 0 amide bonds. The number of carbonyl (C=O) groups excluding carboxylic acids is 1. The molecule has 0 saturated heterocycles. The second-order valence-corrected chi connectivity index (χ2v) is 1.92. The van der Waals surface area contributed by atoms with Crippen molar-refractivity contribution in [3.63, 3.8) is 0 Å². The van der Waals surface area contributed by atoms with Crippen LogP contribution in [0.15, 0.2) is 12.3 Å². The Morgan fingerprint density at radius 2 is 2.00 bits per heavy atom. The molecule has 0 aliphatic carbocycles. The number of hydrogen-bond acceptors (Lipinski definition) is 2. The van der Waals surface area contributed by atoms with Gasteiger partial charge in [0, 0.05) is 6.92 Å². The van der Waals surface area contributed by atoms with Crippen molar-refractivity contribution in [2.75, 3.05) is 0 Å². The molecule has 0 bridgehead atoms. The van der Waals surface area contributed by atoms with Gasteiger partial charge in [-0.1, -0.05) is 6.58 Å². The highest BCUT2D eigenvalue weighted by molar-refractivity contribution is 5.67. The fourth-order valence-corrected chi connectivity index (χ4v) is 0.463. The molecule has 0 aliphatic heterocycles. The zero-order valence-electron chi connectivity index (χ0n) is 5.86. The van der Waals surface area contributed by atoms with Gasteiger partial charge in [0.2, 0.25) is 0 Å². The molecule has 0 heterocycles. The van der Waals surface area contributed by atoms with Crippen LogP contribution >= 0.6 is 0 Å². The molecular formula is C6H7F3O2. The summed E-state index contributed by atoms with van der Waals surface area (Å²) in [5.74, 6) is -1.37. The predicted molar refractivity (Wildman–Crippen MR) is 31.6 cm³/mol. The van der Waals surface area contributed by atoms with E-state index >= 15 is 0 Å². The topological polar surface area (TPSA) is 26.3 Å². The Labute approximate surface area is 61.6 Å². The first-order valence-corrected chi connectivity index (χ1v) is 2.74. The maximum absolute atomic E-state index is 11.5. The average molecular weight is 168 g/mol. The van der Waals surface area contributed by atoms with Crippen LogP contribution in [0.2, 0.25) is 0 Å². The van der Waals surface area contributed by atoms with E-state index in [1.165, 1.54) is 0 Å². The molecule has 11 heavy (non-hydrogen) atoms. The molecule has 0 aromatic heterocycles. The maximum Gasteiger partial charge on any atom is 0.396 e. The van der Waals surface area contributed by atoms with Crippen LogP contribution in [0.4, 0.5) is 13.2 Å². The van der Waals surface area contributed by atoms with Crippen molar-refractivity contribution in [1.82, 2.24) is 0 Å². The number of alkyl halides is 3. The summed E-state index contributed by atoms with van der Waals surface area (Å²) in [5, 5.41) is 0. The second kappa shape index (κ2) is 3.41. The van der Waals surface area contributed by atoms with Crippen molar-refractivity contribution >= 4 is 5.97 Å². The Balaban J connectivity index is 3.80. The van der Waals surface area contributed by atoms with Crippen molar-refractivity contribution in [2.45, 2.75) is 19.5 Å². The van der Waals surface area contributed by atoms with E-state index in [0.717, 1.165) is 6.92 Å². The van der Waals surface area contributed by atoms with Gasteiger partial charge in [0.15, 0.2) is 0 Å². The Hall–Kier alpha value is -1.00. The lowest BCUT2D eigenvalue weighted by atomic mass is 10.4. The van der Waals surface area contributed by atoms with Gasteiger partial charge in [-0.3, -0.25) is 4.79 Å². The zero-order chi connectivity index (χ0) is 9.07. The van der Waals surface area contributed by atoms with Gasteiger partial charge in [-0.05, 0) is 0 Å². The molecule has 0 spiro atoms. The molecule has 0 aromatic rings. The second-order valence-electron chi connectivity index (χ2n) is 1.92. The zero-order valence-corrected chi connectivity index (χ0v) is 5.86. The molecule has 0 aromatic carbocycles. The van der Waals surface area contributed by atoms with E-state index in [1.807, 2.05) is 0 Å². The highest BCUT2D eigenvalue weighted by atomic mass is 19.4. The number of carbonyl (C=O) groups is 1. The summed E-state index contributed by atoms with van der Waals surface area (Å²) < 4.78 is 38.6. The third kappa shape index (κ3) is 6.89. The molecule has 0 rings (SSSR count). The van der Waals surface area contributed by atoms with Crippen LogP contribution in [0.25, 0.3) is 0 Å². The molecule has 0 radical (unpaired) electrons. The Morgan fingerprint density at radius 1 is 1.55 bits per heavy atom. The lowest BCUT2D eigenvalue weighted by molar-refractivity contribution is -0.146. The van der Waals surface area contributed by atoms with Crippen LogP contribution in [-0.2, 0) is 9.53 Å². The van der Waals surface area contributed by atoms with E-state index in [4.69, 9.17) is 0 Å². The molecular weight excluding hydrogens is 161 g/mol. The van der Waals surface area contributed by atoms with Gasteiger partial charge >= 0.3 is 12.1 Å². The van der Waals surface area contributed by atoms with Gasteiger partial charge in [-0.2, -0.15) is 13.2 Å². The minimum atomic E-state index is -4.37. The van der Waals surface area contributed by atoms with Crippen LogP contribution in [0.3, 0.4) is 0 Å². The average Bonchev–Trinajstić information content (AvgIpc) is 1.53. The standard InChI is InChI=1S/C6H7F3O2/c1-4(11-5(2)10)3-6(7,8)9/h1,3H2,2H3. The molecule has 2 nitrogen and oxygen atoms in total. The predicted octanol–water partition coefficient (Wildman–Crippen LogP) is 2.02. The molecule has 0 atom stereocenters. The fourth-order valence-electron chi connectivity index (χ4n) is 0.463. The van der Waals surface area contributed by atoms with Crippen LogP contribution in [0.1, 0.15) is 13.3 Å². The number of hydrogen-bond donors (Lipinski definition) is 0. The Bertz CT molecular complexity index is 171. The first-order valence-electron chi connectivity index (χ1n) is 2.74. The number of esters is 1. The third-order valence-corrected chi connectivity index (χ3v) is 0.686. The molecule has 0 saturated carbocycles. The molecule has 0 fully saturated rings. The van der Waals surface area contributed by atoms with E-state index < -0.39 is 24.3 Å². The number of halogens is 3. The van der Waals surface area contributed by atoms with E-state index in [0.29, 0.717) is 0 Å². The fraction of sp³-hybridized carbons (Fsp3) is 0.500. The summed E-state index contributed by atoms with van der Waals surface area (Å²) in [6, 6.07) is 0. The normalized spacial score (nSPS) is 10.9. The van der Waals surface area contributed by atoms with Crippen LogP contribution in [0, 0.1) is 0 Å². The summed E-state index contributed by atoms with van der Waals surface area (Å²) in [6.45, 7) is 3.93. The highest BCUT2D eigenvalue weighted by Crippen LogP contribution is 2.23. The van der Waals surface area contributed by atoms with E-state index in [1.54, 1.807) is 0 Å². The first-order chi connectivity index (χ1) is 4.81. The van der Waals surface area contributed by atoms with Crippen molar-refractivity contribution < 1.29 is 22.7 Å². The summed E-state index contributed by atoms with van der Waals surface area (Å²) in [5.41, 5.74) is 0. The summed E-state index contributed by atoms with van der Waals surface area (Å²) in [6.07, 6.45) is -5.65. The molecule has 64 valence electrons. The highest BCUT2D eigenvalue weighted by Gasteiger charge is 2.29. The Morgan fingerprint density at radius 3 is 2.27 bits per heavy atom. The van der Waals surface area contributed by atoms with Crippen LogP contribution < -0.4 is 0 Å². The largest absolute Gasteiger partial charge is 0.432 e. The lowest BCUT2D eigenvalue weighted by Crippen LogP contribution is -2.11. The smallest absolute Gasteiger partial charge is 0.396 e. The minimum Gasteiger partial charge on any atom is -0.432 e. The van der Waals surface area contributed by atoms with Gasteiger partial charge in [0.1, 0.15) is 12.2 Å². The quantitative estimate of drug-likeness (QED) is 0.465. The third-order valence-electron chi connectivity index (χ3n) is 0.686. The van der Waals surface area contributed by atoms with E-state index in [2.05, 4.69) is 11.3 Å². The van der Waals surface area contributed by atoms with Crippen molar-refractivity contribution in [3.05, 3.63) is 12.3 Å². The van der Waals surface area contributed by atoms with Gasteiger partial charge in [0.05, 0.1) is 0 Å². The number of ether oxygens (including phenoxy) is 1. The molecule has 5 heteroatoms. The number of allylic oxidation sites excluding steroid dienone is 1. The van der Waals surface area contributed by atoms with Gasteiger partial charge < -0.3 is 4.74 Å². The summed E-state index contributed by atoms with van der Waals surface area (Å²) in [4.78, 5) is 10.1. The molecule has 0 unspecified atom stereocenters. The van der Waals surface area contributed by atoms with Gasteiger partial charge in [-0.25, -0.2) is 0 Å². The maximum atomic E-state index is 11.5. The summed E-state index contributed by atoms with van der Waals surface area (Å²) >= 11 is 0. The molecule has 0 N–H and O–H groups in total. The SMILES string of the molecule is C=C(CC(F)(F)F)OC(C)=O. The van der Waals surface area contributed by atoms with Crippen LogP contribution in [0.5, 0.6) is 0 Å². The number of rotatable bonds is 2.